The van der Waals surface area contributed by atoms with Gasteiger partial charge >= 0.3 is 6.03 Å². The van der Waals surface area contributed by atoms with E-state index in [1.165, 1.54) is 11.1 Å². The lowest BCUT2D eigenvalue weighted by Gasteiger charge is -2.61. The molecule has 6 N–H and O–H groups in total. The molecule has 1 aromatic carbocycles. The molecule has 4 aromatic heterocycles. The highest BCUT2D eigenvalue weighted by molar-refractivity contribution is 5.93. The number of aliphatic hydroxyl groups excluding tert-OH is 2. The fourth-order valence-electron chi connectivity index (χ4n) is 11.6. The quantitative estimate of drug-likeness (QED) is 0.108. The lowest BCUT2D eigenvalue weighted by atomic mass is 9.60. The number of likely N-dealkylation sites (tertiary alicyclic amines) is 3. The van der Waals surface area contributed by atoms with Crippen LogP contribution in [0.2, 0.25) is 0 Å². The zero-order valence-corrected chi connectivity index (χ0v) is 40.2. The van der Waals surface area contributed by atoms with Gasteiger partial charge in [0.25, 0.3) is 0 Å². The molecular weight excluding hydrogens is 889 g/mol. The number of H-pyrrole nitrogens is 1. The number of amides is 4. The number of benzene rings is 1. The molecule has 3 saturated heterocycles. The normalized spacial score (nSPS) is 22.5. The Morgan fingerprint density at radius 1 is 0.986 bits per heavy atom. The Labute approximate surface area is 407 Å². The summed E-state index contributed by atoms with van der Waals surface area (Å²) in [4.78, 5) is 67.2. The first-order valence-corrected chi connectivity index (χ1v) is 24.5. The highest BCUT2D eigenvalue weighted by Crippen LogP contribution is 2.51. The smallest absolute Gasteiger partial charge is 0.318 e. The second kappa shape index (κ2) is 18.6. The van der Waals surface area contributed by atoms with Crippen molar-refractivity contribution in [1.29, 1.82) is 0 Å². The number of pyridine rings is 1. The molecule has 18 nitrogen and oxygen atoms in total. The molecule has 1 spiro atoms. The van der Waals surface area contributed by atoms with Crippen molar-refractivity contribution >= 4 is 34.8 Å². The first-order valence-electron chi connectivity index (χ1n) is 24.5. The third-order valence-corrected chi connectivity index (χ3v) is 15.5. The molecule has 5 aromatic rings. The van der Waals surface area contributed by atoms with Crippen molar-refractivity contribution in [2.45, 2.75) is 108 Å². The average Bonchev–Trinajstić information content (AvgIpc) is 3.92. The van der Waals surface area contributed by atoms with E-state index in [4.69, 9.17) is 16.4 Å². The number of carbonyl (C=O) groups excluding carboxylic acids is 3. The van der Waals surface area contributed by atoms with Crippen LogP contribution in [0.1, 0.15) is 106 Å². The van der Waals surface area contributed by atoms with E-state index in [0.717, 1.165) is 79.6 Å². The highest BCUT2D eigenvalue weighted by atomic mass is 16.3. The molecule has 8 heterocycles. The molecule has 10 rings (SSSR count). The predicted octanol–water partition coefficient (Wildman–Crippen LogP) is 4.20. The standard InChI is InChI=1S/C52H62N12O6/c1-6-31-11-12-38(53-23-31)41(27-65)57-47(68)42-19-35(66)26-64(42)48(69)45(51(3,4)5)58-50(70)62-28-52(29-62)21-34(22-52)61-16-13-32(14-17-61)33-24-54-49(55-25-33)63-18-15-39-44(30(63)2)37-20-40(59-60-46(37)56-39)36-9-7-8-10-43(36)67/h1,7-12,20,23-25,30,32,34-35,41-42,45,65-67H,13-19,21-22,26-29H2,2-5H3,(H,56,60)(H,57,68)(H,58,70)/t30-,35-,41-,42+,45-/m1/s1. The van der Waals surface area contributed by atoms with Crippen molar-refractivity contribution in [2.24, 2.45) is 10.8 Å². The van der Waals surface area contributed by atoms with Crippen LogP contribution in [0, 0.1) is 23.2 Å². The topological polar surface area (TPSA) is 229 Å². The van der Waals surface area contributed by atoms with E-state index in [2.05, 4.69) is 53.4 Å². The van der Waals surface area contributed by atoms with Gasteiger partial charge in [0.15, 0.2) is 5.65 Å². The number of nitrogens with zero attached hydrogens (tertiary/aromatic N) is 9. The summed E-state index contributed by atoms with van der Waals surface area (Å²) in [5.74, 6) is 2.76. The maximum absolute atomic E-state index is 14.2. The van der Waals surface area contributed by atoms with E-state index in [9.17, 15) is 29.7 Å². The highest BCUT2D eigenvalue weighted by Gasteiger charge is 2.56. The number of β-amino-alcohol motifs (C(OH)–C–C–N with tert-alkyl or cyclic N) is 1. The number of piperidine rings is 1. The van der Waals surface area contributed by atoms with Crippen molar-refractivity contribution in [2.75, 3.05) is 50.8 Å². The van der Waals surface area contributed by atoms with Crippen LogP contribution in [0.25, 0.3) is 22.3 Å². The number of anilines is 1. The van der Waals surface area contributed by atoms with Gasteiger partial charge in [-0.2, -0.15) is 0 Å². The van der Waals surface area contributed by atoms with Crippen LogP contribution < -0.4 is 15.5 Å². The van der Waals surface area contributed by atoms with Gasteiger partial charge in [-0.05, 0) is 92.9 Å². The van der Waals surface area contributed by atoms with Gasteiger partial charge in [-0.1, -0.05) is 38.8 Å². The Bertz CT molecular complexity index is 2800. The number of hydrogen-bond acceptors (Lipinski definition) is 13. The number of rotatable bonds is 10. The Kier molecular flexibility index (Phi) is 12.5. The van der Waals surface area contributed by atoms with E-state index in [1.807, 2.05) is 51.4 Å². The van der Waals surface area contributed by atoms with Gasteiger partial charge in [0.05, 0.1) is 36.2 Å². The lowest BCUT2D eigenvalue weighted by molar-refractivity contribution is -0.142. The molecule has 0 unspecified atom stereocenters. The van der Waals surface area contributed by atoms with Gasteiger partial charge in [-0.25, -0.2) is 14.8 Å². The number of fused-ring (bicyclic) bond motifs is 3. The van der Waals surface area contributed by atoms with Crippen molar-refractivity contribution in [3.63, 3.8) is 0 Å². The van der Waals surface area contributed by atoms with Crippen molar-refractivity contribution in [3.05, 3.63) is 89.1 Å². The van der Waals surface area contributed by atoms with Crippen LogP contribution in [0.5, 0.6) is 5.75 Å². The average molecular weight is 951 g/mol. The largest absolute Gasteiger partial charge is 0.507 e. The molecule has 4 aliphatic heterocycles. The number of para-hydroxylation sites is 1. The van der Waals surface area contributed by atoms with Gasteiger partial charge in [0.2, 0.25) is 17.8 Å². The van der Waals surface area contributed by atoms with Gasteiger partial charge in [-0.15, -0.1) is 16.6 Å². The first-order chi connectivity index (χ1) is 33.6. The summed E-state index contributed by atoms with van der Waals surface area (Å²) < 4.78 is 0. The van der Waals surface area contributed by atoms with Gasteiger partial charge in [-0.3, -0.25) is 14.6 Å². The van der Waals surface area contributed by atoms with Crippen molar-refractivity contribution in [3.8, 4) is 29.4 Å². The minimum atomic E-state index is -1.00. The van der Waals surface area contributed by atoms with Gasteiger partial charge in [0.1, 0.15) is 17.8 Å². The number of phenolic OH excluding ortho intramolecular Hbond substituents is 1. The van der Waals surface area contributed by atoms with E-state index in [1.54, 1.807) is 29.2 Å². The number of aromatic hydroxyl groups is 1. The number of terminal acetylenes is 1. The Morgan fingerprint density at radius 2 is 1.73 bits per heavy atom. The zero-order valence-electron chi connectivity index (χ0n) is 40.2. The molecule has 4 amide bonds. The zero-order chi connectivity index (χ0) is 49.1. The molecule has 4 fully saturated rings. The fraction of sp³-hybridized carbons (Fsp3) is 0.500. The first kappa shape index (κ1) is 47.0. The number of aromatic nitrogens is 6. The minimum absolute atomic E-state index is 0.00248. The number of hydrogen-bond donors (Lipinski definition) is 6. The number of phenols is 1. The van der Waals surface area contributed by atoms with Crippen LogP contribution in [0.15, 0.2) is 61.1 Å². The van der Waals surface area contributed by atoms with Crippen LogP contribution in [0.4, 0.5) is 10.7 Å². The molecule has 5 aliphatic rings. The number of carbonyl (C=O) groups is 3. The third kappa shape index (κ3) is 8.90. The van der Waals surface area contributed by atoms with E-state index in [0.29, 0.717) is 53.5 Å². The summed E-state index contributed by atoms with van der Waals surface area (Å²) >= 11 is 0. The monoisotopic (exact) mass is 950 g/mol. The van der Waals surface area contributed by atoms with Crippen LogP contribution in [0.3, 0.4) is 0 Å². The maximum atomic E-state index is 14.2. The molecule has 0 bridgehead atoms. The summed E-state index contributed by atoms with van der Waals surface area (Å²) in [6, 6.07) is 9.82. The predicted molar refractivity (Wildman–Crippen MR) is 261 cm³/mol. The summed E-state index contributed by atoms with van der Waals surface area (Å²) in [5.41, 5.74) is 5.79. The molecule has 366 valence electrons. The summed E-state index contributed by atoms with van der Waals surface area (Å²) in [6.07, 6.45) is 14.9. The molecule has 18 heteroatoms. The lowest BCUT2D eigenvalue weighted by Crippen LogP contribution is -2.70. The number of urea groups is 1. The van der Waals surface area contributed by atoms with Crippen LogP contribution in [-0.4, -0.2) is 148 Å². The van der Waals surface area contributed by atoms with Crippen molar-refractivity contribution in [1.82, 2.24) is 55.5 Å². The third-order valence-electron chi connectivity index (χ3n) is 15.5. The van der Waals surface area contributed by atoms with Crippen LogP contribution >= 0.6 is 0 Å². The second-order valence-electron chi connectivity index (χ2n) is 21.2. The number of aliphatic hydroxyl groups is 2. The molecule has 0 radical (unpaired) electrons. The Morgan fingerprint density at radius 3 is 2.40 bits per heavy atom. The number of aromatic amines is 1. The Hall–Kier alpha value is -6.68. The van der Waals surface area contributed by atoms with E-state index >= 15 is 0 Å². The van der Waals surface area contributed by atoms with Crippen molar-refractivity contribution < 1.29 is 29.7 Å². The molecule has 1 aliphatic carbocycles. The van der Waals surface area contributed by atoms with Crippen LogP contribution in [-0.2, 0) is 16.0 Å². The maximum Gasteiger partial charge on any atom is 0.318 e. The number of nitrogens with one attached hydrogen (secondary N) is 3. The van der Waals surface area contributed by atoms with Gasteiger partial charge in [0, 0.05) is 96.8 Å². The molecule has 1 saturated carbocycles. The fourth-order valence-corrected chi connectivity index (χ4v) is 11.6. The second-order valence-corrected chi connectivity index (χ2v) is 21.2. The van der Waals surface area contributed by atoms with E-state index < -0.39 is 48.1 Å². The van der Waals surface area contributed by atoms with E-state index in [-0.39, 0.29) is 36.2 Å². The summed E-state index contributed by atoms with van der Waals surface area (Å²) in [5, 5.41) is 46.9. The molecule has 70 heavy (non-hydrogen) atoms. The Balaban J connectivity index is 0.698. The molecule has 5 atom stereocenters. The van der Waals surface area contributed by atoms with Gasteiger partial charge < -0.3 is 50.5 Å². The SMILES string of the molecule is C#Cc1ccc([C@@H](CO)NC(=O)[C@@H]2C[C@@H](O)CN2C(=O)[C@@H](NC(=O)N2CC3(CC(N4CCC(c5cnc(N6CCc7[nH]c8nnc(-c9ccccc9O)cc8c7[C@H]6C)nc5)CC4)C3)C2)C(C)(C)C)nc1. The minimum Gasteiger partial charge on any atom is -0.507 e. The summed E-state index contributed by atoms with van der Waals surface area (Å²) in [6.45, 7) is 11.3. The summed E-state index contributed by atoms with van der Waals surface area (Å²) in [7, 11) is 0. The molecular formula is C52H62N12O6.